The number of anilines is 1. The summed E-state index contributed by atoms with van der Waals surface area (Å²) in [7, 11) is 0. The summed E-state index contributed by atoms with van der Waals surface area (Å²) in [6, 6.07) is 12.3. The molecule has 0 fully saturated rings. The summed E-state index contributed by atoms with van der Waals surface area (Å²) in [5.41, 5.74) is 0.512. The topological polar surface area (TPSA) is 79.2 Å². The van der Waals surface area contributed by atoms with Gasteiger partial charge in [0.1, 0.15) is 11.9 Å². The number of ether oxygens (including phenoxy) is 1. The molecule has 0 radical (unpaired) electrons. The van der Waals surface area contributed by atoms with Crippen molar-refractivity contribution in [1.29, 1.82) is 5.26 Å². The van der Waals surface area contributed by atoms with Crippen molar-refractivity contribution in [3.05, 3.63) is 58.9 Å². The van der Waals surface area contributed by atoms with E-state index in [1.54, 1.807) is 12.1 Å². The molecule has 1 N–H and O–H groups in total. The SMILES string of the molecule is N#Cc1ccc(Cl)cc1NC(=O)COC(=O)CCSc1ccc(F)cc1. The molecule has 0 aliphatic heterocycles. The number of rotatable bonds is 7. The average molecular weight is 393 g/mol. The van der Waals surface area contributed by atoms with Crippen LogP contribution in [-0.4, -0.2) is 24.2 Å². The van der Waals surface area contributed by atoms with Gasteiger partial charge >= 0.3 is 5.97 Å². The molecule has 0 atom stereocenters. The van der Waals surface area contributed by atoms with Crippen LogP contribution in [0.25, 0.3) is 0 Å². The number of amides is 1. The van der Waals surface area contributed by atoms with Gasteiger partial charge in [-0.3, -0.25) is 9.59 Å². The maximum absolute atomic E-state index is 12.8. The Morgan fingerprint density at radius 2 is 1.96 bits per heavy atom. The lowest BCUT2D eigenvalue weighted by Crippen LogP contribution is -2.21. The Morgan fingerprint density at radius 3 is 2.65 bits per heavy atom. The number of thioether (sulfide) groups is 1. The summed E-state index contributed by atoms with van der Waals surface area (Å²) < 4.78 is 17.7. The Hall–Kier alpha value is -2.56. The van der Waals surface area contributed by atoms with Crippen molar-refractivity contribution in [3.63, 3.8) is 0 Å². The molecule has 2 aromatic rings. The van der Waals surface area contributed by atoms with Gasteiger partial charge in [0, 0.05) is 15.7 Å². The molecule has 0 saturated heterocycles. The molecule has 0 heterocycles. The maximum Gasteiger partial charge on any atom is 0.307 e. The van der Waals surface area contributed by atoms with E-state index in [2.05, 4.69) is 5.32 Å². The van der Waals surface area contributed by atoms with Gasteiger partial charge in [-0.05, 0) is 42.5 Å². The van der Waals surface area contributed by atoms with E-state index in [1.807, 2.05) is 6.07 Å². The van der Waals surface area contributed by atoms with E-state index >= 15 is 0 Å². The van der Waals surface area contributed by atoms with Gasteiger partial charge in [-0.2, -0.15) is 5.26 Å². The van der Waals surface area contributed by atoms with E-state index in [-0.39, 0.29) is 23.5 Å². The number of carbonyl (C=O) groups is 2. The summed E-state index contributed by atoms with van der Waals surface area (Å²) >= 11 is 7.21. The first kappa shape index (κ1) is 19.8. The number of nitrogens with zero attached hydrogens (tertiary/aromatic N) is 1. The van der Waals surface area contributed by atoms with Crippen LogP contribution >= 0.6 is 23.4 Å². The first-order valence-electron chi connectivity index (χ1n) is 7.51. The highest BCUT2D eigenvalue weighted by atomic mass is 35.5. The molecule has 0 unspecified atom stereocenters. The minimum absolute atomic E-state index is 0.107. The maximum atomic E-state index is 12.8. The number of hydrogen-bond donors (Lipinski definition) is 1. The fourth-order valence-corrected chi connectivity index (χ4v) is 2.91. The number of hydrogen-bond acceptors (Lipinski definition) is 5. The molecule has 2 aromatic carbocycles. The third-order valence-corrected chi connectivity index (χ3v) is 4.38. The smallest absolute Gasteiger partial charge is 0.307 e. The highest BCUT2D eigenvalue weighted by Crippen LogP contribution is 2.21. The average Bonchev–Trinajstić information content (AvgIpc) is 2.62. The second-order valence-electron chi connectivity index (χ2n) is 5.06. The second kappa shape index (κ2) is 9.80. The molecule has 0 saturated carbocycles. The molecule has 0 bridgehead atoms. The van der Waals surface area contributed by atoms with Crippen molar-refractivity contribution >= 4 is 40.9 Å². The zero-order valence-electron chi connectivity index (χ0n) is 13.5. The predicted octanol–water partition coefficient (Wildman–Crippen LogP) is 4.01. The summed E-state index contributed by atoms with van der Waals surface area (Å²) in [5.74, 6) is -0.970. The van der Waals surface area contributed by atoms with Crippen molar-refractivity contribution in [1.82, 2.24) is 0 Å². The number of halogens is 2. The van der Waals surface area contributed by atoms with Crippen molar-refractivity contribution in [2.24, 2.45) is 0 Å². The third kappa shape index (κ3) is 6.39. The molecule has 0 spiro atoms. The molecule has 8 heteroatoms. The Kier molecular flexibility index (Phi) is 7.45. The number of esters is 1. The highest BCUT2D eigenvalue weighted by Gasteiger charge is 2.11. The van der Waals surface area contributed by atoms with Gasteiger partial charge in [-0.1, -0.05) is 11.6 Å². The third-order valence-electron chi connectivity index (χ3n) is 3.13. The summed E-state index contributed by atoms with van der Waals surface area (Å²) in [6.45, 7) is -0.461. The minimum Gasteiger partial charge on any atom is -0.456 e. The van der Waals surface area contributed by atoms with Crippen LogP contribution in [0.5, 0.6) is 0 Å². The first-order valence-corrected chi connectivity index (χ1v) is 8.88. The van der Waals surface area contributed by atoms with Crippen molar-refractivity contribution in [2.75, 3.05) is 17.7 Å². The Morgan fingerprint density at radius 1 is 1.23 bits per heavy atom. The number of carbonyl (C=O) groups excluding carboxylic acids is 2. The molecule has 0 aliphatic carbocycles. The van der Waals surface area contributed by atoms with Crippen LogP contribution in [0.2, 0.25) is 5.02 Å². The van der Waals surface area contributed by atoms with Crippen LogP contribution in [0.15, 0.2) is 47.4 Å². The summed E-state index contributed by atoms with van der Waals surface area (Å²) in [6.07, 6.45) is 0.107. The number of benzene rings is 2. The Bertz CT molecular complexity index is 837. The predicted molar refractivity (Wildman–Crippen MR) is 97.5 cm³/mol. The van der Waals surface area contributed by atoms with Gasteiger partial charge in [0.25, 0.3) is 5.91 Å². The van der Waals surface area contributed by atoms with Gasteiger partial charge < -0.3 is 10.1 Å². The minimum atomic E-state index is -0.566. The largest absolute Gasteiger partial charge is 0.456 e. The van der Waals surface area contributed by atoms with E-state index in [0.29, 0.717) is 10.8 Å². The summed E-state index contributed by atoms with van der Waals surface area (Å²) in [4.78, 5) is 24.3. The first-order chi connectivity index (χ1) is 12.5. The Labute approximate surface area is 159 Å². The Balaban J connectivity index is 1.73. The molecule has 0 aromatic heterocycles. The van der Waals surface area contributed by atoms with Crippen molar-refractivity contribution < 1.29 is 18.7 Å². The molecule has 5 nitrogen and oxygen atoms in total. The standard InChI is InChI=1S/C18H14ClFN2O3S/c19-13-2-1-12(10-21)16(9-13)22-17(23)11-25-18(24)7-8-26-15-5-3-14(20)4-6-15/h1-6,9H,7-8,11H2,(H,22,23). The lowest BCUT2D eigenvalue weighted by atomic mass is 10.2. The normalized spacial score (nSPS) is 10.0. The van der Waals surface area contributed by atoms with Gasteiger partial charge in [0.15, 0.2) is 6.61 Å². The molecule has 0 aliphatic rings. The van der Waals surface area contributed by atoms with Gasteiger partial charge in [0.05, 0.1) is 17.7 Å². The van der Waals surface area contributed by atoms with Gasteiger partial charge in [0.2, 0.25) is 0 Å². The van der Waals surface area contributed by atoms with E-state index in [1.165, 1.54) is 42.1 Å². The van der Waals surface area contributed by atoms with Crippen LogP contribution in [0.4, 0.5) is 10.1 Å². The van der Waals surface area contributed by atoms with E-state index < -0.39 is 18.5 Å². The number of nitrogens with one attached hydrogen (secondary N) is 1. The molecule has 2 rings (SSSR count). The van der Waals surface area contributed by atoms with Crippen molar-refractivity contribution in [2.45, 2.75) is 11.3 Å². The van der Waals surface area contributed by atoms with E-state index in [4.69, 9.17) is 21.6 Å². The van der Waals surface area contributed by atoms with Crippen LogP contribution in [0.3, 0.4) is 0 Å². The van der Waals surface area contributed by atoms with Gasteiger partial charge in [-0.15, -0.1) is 11.8 Å². The molecular weight excluding hydrogens is 379 g/mol. The molecule has 26 heavy (non-hydrogen) atoms. The number of nitriles is 1. The van der Waals surface area contributed by atoms with Crippen molar-refractivity contribution in [3.8, 4) is 6.07 Å². The fourth-order valence-electron chi connectivity index (χ4n) is 1.90. The second-order valence-corrected chi connectivity index (χ2v) is 6.67. The van der Waals surface area contributed by atoms with Crippen LogP contribution in [0, 0.1) is 17.1 Å². The quantitative estimate of drug-likeness (QED) is 0.568. The van der Waals surface area contributed by atoms with Gasteiger partial charge in [-0.25, -0.2) is 4.39 Å². The molecular formula is C18H14ClFN2O3S. The zero-order chi connectivity index (χ0) is 18.9. The zero-order valence-corrected chi connectivity index (χ0v) is 15.1. The molecule has 1 amide bonds. The van der Waals surface area contributed by atoms with E-state index in [0.717, 1.165) is 4.90 Å². The van der Waals surface area contributed by atoms with Crippen LogP contribution < -0.4 is 5.32 Å². The van der Waals surface area contributed by atoms with Crippen LogP contribution in [-0.2, 0) is 14.3 Å². The highest BCUT2D eigenvalue weighted by molar-refractivity contribution is 7.99. The summed E-state index contributed by atoms with van der Waals surface area (Å²) in [5, 5.41) is 11.8. The molecule has 134 valence electrons. The lowest BCUT2D eigenvalue weighted by Gasteiger charge is -2.08. The van der Waals surface area contributed by atoms with E-state index in [9.17, 15) is 14.0 Å². The van der Waals surface area contributed by atoms with Crippen LogP contribution in [0.1, 0.15) is 12.0 Å². The lowest BCUT2D eigenvalue weighted by molar-refractivity contribution is -0.146. The monoisotopic (exact) mass is 392 g/mol. The fraction of sp³-hybridized carbons (Fsp3) is 0.167.